The molecule has 0 N–H and O–H groups in total. The van der Waals surface area contributed by atoms with Crippen LogP contribution in [0, 0.1) is 5.82 Å². The van der Waals surface area contributed by atoms with Crippen molar-refractivity contribution in [2.24, 2.45) is 0 Å². The zero-order chi connectivity index (χ0) is 34.1. The zero-order valence-corrected chi connectivity index (χ0v) is 28.0. The minimum absolute atomic E-state index is 0.243. The van der Waals surface area contributed by atoms with E-state index in [1.54, 1.807) is 0 Å². The number of fused-ring (bicyclic) bond motifs is 8. The van der Waals surface area contributed by atoms with Gasteiger partial charge in [0.15, 0.2) is 0 Å². The molecule has 52 heavy (non-hydrogen) atoms. The maximum Gasteiger partial charge on any atom is 0.123 e. The van der Waals surface area contributed by atoms with Crippen molar-refractivity contribution in [3.8, 4) is 39.1 Å². The molecule has 3 heteroatoms. The third-order valence-corrected chi connectivity index (χ3v) is 11.8. The highest BCUT2D eigenvalue weighted by Crippen LogP contribution is 2.70. The third kappa shape index (κ3) is 3.38. The van der Waals surface area contributed by atoms with Crippen LogP contribution in [-0.4, -0.2) is 4.57 Å². The molecular formula is C49H29FN2. The fourth-order valence-corrected chi connectivity index (χ4v) is 9.87. The number of hydrogen-bond acceptors (Lipinski definition) is 1. The van der Waals surface area contributed by atoms with E-state index in [0.717, 1.165) is 39.2 Å². The van der Waals surface area contributed by atoms with Crippen LogP contribution < -0.4 is 4.90 Å². The largest absolute Gasteiger partial charge is 0.310 e. The highest BCUT2D eigenvalue weighted by Gasteiger charge is 2.57. The molecule has 1 heterocycles. The van der Waals surface area contributed by atoms with Gasteiger partial charge in [-0.3, -0.25) is 0 Å². The number of halogens is 1. The minimum Gasteiger partial charge on any atom is -0.310 e. The average Bonchev–Trinajstić information content (AvgIpc) is 3.89. The topological polar surface area (TPSA) is 8.17 Å². The van der Waals surface area contributed by atoms with Crippen molar-refractivity contribution in [1.82, 2.24) is 4.57 Å². The first kappa shape index (κ1) is 28.0. The van der Waals surface area contributed by atoms with Crippen LogP contribution in [-0.2, 0) is 5.41 Å². The molecule has 9 aromatic rings. The van der Waals surface area contributed by atoms with Gasteiger partial charge in [0.25, 0.3) is 0 Å². The van der Waals surface area contributed by atoms with E-state index in [4.69, 9.17) is 0 Å². The Morgan fingerprint density at radius 3 is 1.75 bits per heavy atom. The summed E-state index contributed by atoms with van der Waals surface area (Å²) in [5, 5.41) is 2.32. The van der Waals surface area contributed by atoms with E-state index < -0.39 is 0 Å². The predicted molar refractivity (Wildman–Crippen MR) is 211 cm³/mol. The van der Waals surface area contributed by atoms with E-state index in [-0.39, 0.29) is 11.2 Å². The fraction of sp³-hybridized carbons (Fsp3) is 0.0204. The average molecular weight is 665 g/mol. The number of aromatic nitrogens is 1. The number of rotatable bonds is 4. The van der Waals surface area contributed by atoms with Crippen molar-refractivity contribution in [3.05, 3.63) is 204 Å². The number of hydrogen-bond donors (Lipinski definition) is 0. The van der Waals surface area contributed by atoms with Gasteiger partial charge >= 0.3 is 0 Å². The SMILES string of the molecule is Fc1ccc(-n2c3ccccc3c3ccc(N(c4ccccc4)c4ccc5c(c4)C46c7ccccc7-c7cccc(c74)-c4cccc-5c46)cc32)cc1. The zero-order valence-electron chi connectivity index (χ0n) is 28.0. The molecule has 2 nitrogen and oxygen atoms in total. The van der Waals surface area contributed by atoms with Gasteiger partial charge in [-0.05, 0) is 122 Å². The van der Waals surface area contributed by atoms with Gasteiger partial charge < -0.3 is 9.47 Å². The molecule has 0 saturated carbocycles. The molecule has 242 valence electrons. The first-order valence-electron chi connectivity index (χ1n) is 17.9. The quantitative estimate of drug-likeness (QED) is 0.182. The Labute approximate surface area is 300 Å². The van der Waals surface area contributed by atoms with Crippen molar-refractivity contribution < 1.29 is 4.39 Å². The van der Waals surface area contributed by atoms with Crippen LogP contribution in [0.25, 0.3) is 60.9 Å². The van der Waals surface area contributed by atoms with Gasteiger partial charge in [0.2, 0.25) is 0 Å². The van der Waals surface area contributed by atoms with E-state index in [2.05, 4.69) is 161 Å². The first-order valence-corrected chi connectivity index (χ1v) is 17.9. The molecule has 12 rings (SSSR count). The summed E-state index contributed by atoms with van der Waals surface area (Å²) in [6.45, 7) is 0. The summed E-state index contributed by atoms with van der Waals surface area (Å²) in [6.07, 6.45) is 0. The second kappa shape index (κ2) is 9.96. The molecule has 1 unspecified atom stereocenters. The minimum atomic E-state index is -0.360. The Hall–Kier alpha value is -6.71. The van der Waals surface area contributed by atoms with Crippen molar-refractivity contribution in [2.45, 2.75) is 5.41 Å². The summed E-state index contributed by atoms with van der Waals surface area (Å²) in [7, 11) is 0. The van der Waals surface area contributed by atoms with Crippen LogP contribution >= 0.6 is 0 Å². The van der Waals surface area contributed by atoms with Gasteiger partial charge in [0, 0.05) is 33.5 Å². The predicted octanol–water partition coefficient (Wildman–Crippen LogP) is 12.7. The van der Waals surface area contributed by atoms with Gasteiger partial charge in [-0.15, -0.1) is 0 Å². The molecule has 1 spiro atoms. The Balaban J connectivity index is 1.13. The third-order valence-electron chi connectivity index (χ3n) is 11.8. The molecule has 8 aromatic carbocycles. The van der Waals surface area contributed by atoms with Crippen LogP contribution in [0.5, 0.6) is 0 Å². The van der Waals surface area contributed by atoms with E-state index in [9.17, 15) is 4.39 Å². The van der Waals surface area contributed by atoms with Crippen LogP contribution in [0.1, 0.15) is 22.3 Å². The van der Waals surface area contributed by atoms with Gasteiger partial charge in [0.05, 0.1) is 16.4 Å². The number of nitrogens with zero attached hydrogens (tertiary/aromatic N) is 2. The summed E-state index contributed by atoms with van der Waals surface area (Å²) >= 11 is 0. The maximum atomic E-state index is 14.1. The van der Waals surface area contributed by atoms with Gasteiger partial charge in [-0.2, -0.15) is 0 Å². The number of benzene rings is 8. The molecule has 3 aliphatic carbocycles. The Morgan fingerprint density at radius 2 is 0.981 bits per heavy atom. The Bertz CT molecular complexity index is 2940. The highest BCUT2D eigenvalue weighted by molar-refractivity contribution is 6.11. The Morgan fingerprint density at radius 1 is 0.404 bits per heavy atom. The van der Waals surface area contributed by atoms with Crippen LogP contribution in [0.3, 0.4) is 0 Å². The number of anilines is 3. The van der Waals surface area contributed by atoms with E-state index >= 15 is 0 Å². The lowest BCUT2D eigenvalue weighted by Gasteiger charge is -2.30. The van der Waals surface area contributed by atoms with Crippen molar-refractivity contribution in [1.29, 1.82) is 0 Å². The van der Waals surface area contributed by atoms with E-state index in [1.807, 2.05) is 12.1 Å². The molecule has 0 fully saturated rings. The summed E-state index contributed by atoms with van der Waals surface area (Å²) in [5.74, 6) is -0.243. The van der Waals surface area contributed by atoms with Gasteiger partial charge in [-0.25, -0.2) is 4.39 Å². The molecule has 0 saturated heterocycles. The normalized spacial score (nSPS) is 15.5. The number of para-hydroxylation sites is 2. The standard InChI is InChI=1S/C49H29FN2/c50-30-20-22-32(23-21-30)52-45-19-7-5-13-37(45)38-27-25-34(29-46(38)52)51(31-10-2-1-3-11-31)33-24-26-36-40-15-9-17-42-41-16-8-14-39-35-12-4-6-18-43(35)49(47(39)41,48(40)42)44(36)28-33/h1-29H. The second-order valence-electron chi connectivity index (χ2n) is 14.2. The van der Waals surface area contributed by atoms with Crippen LogP contribution in [0.4, 0.5) is 21.5 Å². The van der Waals surface area contributed by atoms with E-state index in [0.29, 0.717) is 0 Å². The fourth-order valence-electron chi connectivity index (χ4n) is 9.87. The molecule has 0 bridgehead atoms. The lowest BCUT2D eigenvalue weighted by atomic mass is 9.73. The second-order valence-corrected chi connectivity index (χ2v) is 14.2. The summed E-state index contributed by atoms with van der Waals surface area (Å²) < 4.78 is 16.4. The van der Waals surface area contributed by atoms with Crippen LogP contribution in [0.2, 0.25) is 0 Å². The monoisotopic (exact) mass is 664 g/mol. The first-order chi connectivity index (χ1) is 25.7. The molecule has 1 aromatic heterocycles. The van der Waals surface area contributed by atoms with E-state index in [1.165, 1.54) is 73.2 Å². The van der Waals surface area contributed by atoms with Gasteiger partial charge in [-0.1, -0.05) is 109 Å². The maximum absolute atomic E-state index is 14.1. The van der Waals surface area contributed by atoms with Crippen LogP contribution in [0.15, 0.2) is 176 Å². The summed E-state index contributed by atoms with van der Waals surface area (Å²) in [4.78, 5) is 2.38. The van der Waals surface area contributed by atoms with Crippen molar-refractivity contribution in [2.75, 3.05) is 4.90 Å². The van der Waals surface area contributed by atoms with Crippen molar-refractivity contribution in [3.63, 3.8) is 0 Å². The molecule has 0 aliphatic heterocycles. The molecule has 3 aliphatic rings. The Kier molecular flexibility index (Phi) is 5.37. The van der Waals surface area contributed by atoms with Crippen molar-refractivity contribution >= 4 is 38.9 Å². The van der Waals surface area contributed by atoms with Gasteiger partial charge in [0.1, 0.15) is 5.82 Å². The molecule has 0 radical (unpaired) electrons. The molecule has 1 atom stereocenters. The summed E-state index contributed by atoms with van der Waals surface area (Å²) in [6, 6.07) is 62.5. The molecule has 0 amide bonds. The highest BCUT2D eigenvalue weighted by atomic mass is 19.1. The smallest absolute Gasteiger partial charge is 0.123 e. The molecular weight excluding hydrogens is 636 g/mol. The lowest BCUT2D eigenvalue weighted by Crippen LogP contribution is -2.23. The lowest BCUT2D eigenvalue weighted by molar-refractivity contribution is 0.627. The summed E-state index contributed by atoms with van der Waals surface area (Å²) in [5.41, 5.74) is 19.5.